The van der Waals surface area contributed by atoms with E-state index >= 15 is 0 Å². The first-order valence-corrected chi connectivity index (χ1v) is 13.6. The molecule has 1 aliphatic heterocycles. The Morgan fingerprint density at radius 2 is 1.81 bits per heavy atom. The van der Waals surface area contributed by atoms with Crippen LogP contribution in [0.5, 0.6) is 5.88 Å². The first kappa shape index (κ1) is 26.8. The monoisotopic (exact) mass is 506 g/mol. The Morgan fingerprint density at radius 1 is 1.08 bits per heavy atom. The molecule has 200 valence electrons. The van der Waals surface area contributed by atoms with Crippen LogP contribution in [0.1, 0.15) is 56.9 Å². The number of likely N-dealkylation sites (tertiary alicyclic amines) is 1. The Balaban J connectivity index is 1.50. The predicted molar refractivity (Wildman–Crippen MR) is 149 cm³/mol. The number of nitrogens with two attached hydrogens (primary N) is 2. The van der Waals surface area contributed by atoms with E-state index in [4.69, 9.17) is 16.2 Å². The first-order chi connectivity index (χ1) is 18.0. The number of anilines is 1. The second-order valence-electron chi connectivity index (χ2n) is 10.4. The lowest BCUT2D eigenvalue weighted by Gasteiger charge is -2.31. The summed E-state index contributed by atoms with van der Waals surface area (Å²) in [5.74, 6) is 1.14. The number of piperidine rings is 1. The number of aromatic nitrogens is 1. The lowest BCUT2D eigenvalue weighted by atomic mass is 9.99. The summed E-state index contributed by atoms with van der Waals surface area (Å²) in [5, 5.41) is 0. The summed E-state index contributed by atoms with van der Waals surface area (Å²) < 4.78 is 5.90. The maximum absolute atomic E-state index is 12.3. The van der Waals surface area contributed by atoms with Gasteiger partial charge in [-0.05, 0) is 69.0 Å². The van der Waals surface area contributed by atoms with Gasteiger partial charge in [0.2, 0.25) is 12.3 Å². The summed E-state index contributed by atoms with van der Waals surface area (Å²) in [7, 11) is 3.75. The maximum atomic E-state index is 12.3. The molecule has 0 radical (unpaired) electrons. The van der Waals surface area contributed by atoms with Crippen LogP contribution in [0.15, 0.2) is 42.3 Å². The number of pyridine rings is 1. The van der Waals surface area contributed by atoms with Gasteiger partial charge in [0.05, 0.1) is 12.3 Å². The van der Waals surface area contributed by atoms with Crippen LogP contribution in [0.2, 0.25) is 0 Å². The summed E-state index contributed by atoms with van der Waals surface area (Å²) in [6, 6.07) is 9.89. The Hall–Kier alpha value is -3.26. The molecular formula is C29H42N6O2. The molecule has 37 heavy (non-hydrogen) atoms. The van der Waals surface area contributed by atoms with Crippen LogP contribution in [-0.4, -0.2) is 72.5 Å². The van der Waals surface area contributed by atoms with Gasteiger partial charge < -0.3 is 30.9 Å². The average molecular weight is 507 g/mol. The molecule has 1 aromatic heterocycles. The molecule has 0 atom stereocenters. The molecule has 0 unspecified atom stereocenters. The molecule has 0 bridgehead atoms. The number of carbonyl (C=O) groups excluding carboxylic acids is 1. The van der Waals surface area contributed by atoms with E-state index in [2.05, 4.69) is 9.88 Å². The molecule has 1 saturated carbocycles. The zero-order chi connectivity index (χ0) is 26.2. The van der Waals surface area contributed by atoms with Crippen molar-refractivity contribution in [2.45, 2.75) is 57.4 Å². The van der Waals surface area contributed by atoms with Gasteiger partial charge in [0.25, 0.3) is 0 Å². The fraction of sp³-hybridized carbons (Fsp3) is 0.517. The summed E-state index contributed by atoms with van der Waals surface area (Å²) in [6.07, 6.45) is 11.8. The minimum Gasteiger partial charge on any atom is -0.478 e. The van der Waals surface area contributed by atoms with Crippen LogP contribution in [0.25, 0.3) is 16.8 Å². The number of amides is 1. The molecule has 1 amide bonds. The van der Waals surface area contributed by atoms with E-state index in [1.54, 1.807) is 4.90 Å². The third-order valence-electron chi connectivity index (χ3n) is 7.51. The van der Waals surface area contributed by atoms with E-state index in [0.29, 0.717) is 29.7 Å². The molecule has 0 spiro atoms. The molecule has 8 heteroatoms. The molecule has 2 aliphatic rings. The molecule has 1 aliphatic carbocycles. The van der Waals surface area contributed by atoms with Gasteiger partial charge >= 0.3 is 0 Å². The van der Waals surface area contributed by atoms with Crippen molar-refractivity contribution in [2.75, 3.05) is 46.1 Å². The van der Waals surface area contributed by atoms with Gasteiger partial charge in [-0.15, -0.1) is 0 Å². The summed E-state index contributed by atoms with van der Waals surface area (Å²) >= 11 is 0. The molecule has 2 heterocycles. The van der Waals surface area contributed by atoms with Crippen LogP contribution in [0, 0.1) is 0 Å². The highest BCUT2D eigenvalue weighted by molar-refractivity contribution is 5.84. The van der Waals surface area contributed by atoms with Crippen molar-refractivity contribution >= 4 is 17.8 Å². The van der Waals surface area contributed by atoms with Crippen molar-refractivity contribution in [3.63, 3.8) is 0 Å². The van der Waals surface area contributed by atoms with Gasteiger partial charge in [-0.25, -0.2) is 4.98 Å². The lowest BCUT2D eigenvalue weighted by molar-refractivity contribution is -0.116. The number of nitrogens with zero attached hydrogens (tertiary/aromatic N) is 4. The van der Waals surface area contributed by atoms with Gasteiger partial charge in [-0.2, -0.15) is 0 Å². The van der Waals surface area contributed by atoms with Gasteiger partial charge in [0.1, 0.15) is 5.82 Å². The number of hydrogen-bond donors (Lipinski definition) is 2. The molecular weight excluding hydrogens is 464 g/mol. The van der Waals surface area contributed by atoms with Crippen LogP contribution >= 0.6 is 0 Å². The summed E-state index contributed by atoms with van der Waals surface area (Å²) in [4.78, 5) is 22.9. The number of rotatable bonds is 11. The average Bonchev–Trinajstić information content (AvgIpc) is 3.45. The van der Waals surface area contributed by atoms with E-state index in [0.717, 1.165) is 61.7 Å². The second-order valence-corrected chi connectivity index (χ2v) is 10.4. The van der Waals surface area contributed by atoms with E-state index in [9.17, 15) is 4.79 Å². The summed E-state index contributed by atoms with van der Waals surface area (Å²) in [5.41, 5.74) is 16.9. The highest BCUT2D eigenvalue weighted by Gasteiger charge is 2.28. The molecule has 1 aromatic carbocycles. The molecule has 8 nitrogen and oxygen atoms in total. The number of nitrogen functional groups attached to an aromatic ring is 1. The SMILES string of the molecule is CN(C)/C(N)=C(/c1cc(-c2ccc(OCCCN3CCCCC3)nc2)ccc1N)N(C=O)C1CCCC1. The van der Waals surface area contributed by atoms with Gasteiger partial charge in [0, 0.05) is 55.8 Å². The number of benzene rings is 1. The van der Waals surface area contributed by atoms with Crippen molar-refractivity contribution in [3.05, 3.63) is 47.9 Å². The Morgan fingerprint density at radius 3 is 2.46 bits per heavy atom. The van der Waals surface area contributed by atoms with E-state index in [-0.39, 0.29) is 6.04 Å². The topological polar surface area (TPSA) is 101 Å². The number of hydrogen-bond acceptors (Lipinski definition) is 7. The smallest absolute Gasteiger partial charge is 0.214 e. The van der Waals surface area contributed by atoms with Gasteiger partial charge in [0.15, 0.2) is 0 Å². The number of ether oxygens (including phenoxy) is 1. The highest BCUT2D eigenvalue weighted by Crippen LogP contribution is 2.35. The number of carbonyl (C=O) groups is 1. The minimum absolute atomic E-state index is 0.127. The largest absolute Gasteiger partial charge is 0.478 e. The zero-order valence-corrected chi connectivity index (χ0v) is 22.4. The van der Waals surface area contributed by atoms with Crippen LogP contribution in [-0.2, 0) is 4.79 Å². The van der Waals surface area contributed by atoms with E-state index in [1.165, 1.54) is 32.4 Å². The molecule has 1 saturated heterocycles. The molecule has 4 rings (SSSR count). The maximum Gasteiger partial charge on any atom is 0.214 e. The van der Waals surface area contributed by atoms with Crippen molar-refractivity contribution in [1.82, 2.24) is 19.7 Å². The standard InChI is InChI=1S/C29H42N6O2/c1-33(2)29(31)28(35(21-36)24-9-4-5-10-24)25-19-22(11-13-26(25)30)23-12-14-27(32-20-23)37-18-8-17-34-15-6-3-7-16-34/h11-14,19-21,24H,3-10,15-18,30-31H2,1-2H3/b29-28-. The van der Waals surface area contributed by atoms with Crippen molar-refractivity contribution in [1.29, 1.82) is 0 Å². The molecule has 4 N–H and O–H groups in total. The first-order valence-electron chi connectivity index (χ1n) is 13.6. The Bertz CT molecular complexity index is 1060. The third kappa shape index (κ3) is 6.74. The normalized spacial score (nSPS) is 17.4. The zero-order valence-electron chi connectivity index (χ0n) is 22.4. The third-order valence-corrected chi connectivity index (χ3v) is 7.51. The molecule has 2 aromatic rings. The fourth-order valence-corrected chi connectivity index (χ4v) is 5.35. The Labute approximate surface area is 221 Å². The van der Waals surface area contributed by atoms with Crippen molar-refractivity contribution < 1.29 is 9.53 Å². The molecule has 2 fully saturated rings. The van der Waals surface area contributed by atoms with Gasteiger partial charge in [-0.1, -0.05) is 25.3 Å². The summed E-state index contributed by atoms with van der Waals surface area (Å²) in [6.45, 7) is 4.16. The predicted octanol–water partition coefficient (Wildman–Crippen LogP) is 4.13. The van der Waals surface area contributed by atoms with Crippen LogP contribution in [0.4, 0.5) is 5.69 Å². The van der Waals surface area contributed by atoms with Crippen molar-refractivity contribution in [3.8, 4) is 17.0 Å². The van der Waals surface area contributed by atoms with Crippen LogP contribution in [0.3, 0.4) is 0 Å². The lowest BCUT2D eigenvalue weighted by Crippen LogP contribution is -2.35. The highest BCUT2D eigenvalue weighted by atomic mass is 16.5. The van der Waals surface area contributed by atoms with E-state index in [1.807, 2.05) is 55.5 Å². The van der Waals surface area contributed by atoms with E-state index < -0.39 is 0 Å². The van der Waals surface area contributed by atoms with Crippen LogP contribution < -0.4 is 16.2 Å². The fourth-order valence-electron chi connectivity index (χ4n) is 5.35. The Kier molecular flexibility index (Phi) is 9.28. The van der Waals surface area contributed by atoms with Crippen molar-refractivity contribution in [2.24, 2.45) is 5.73 Å². The van der Waals surface area contributed by atoms with Gasteiger partial charge in [-0.3, -0.25) is 4.79 Å². The quantitative estimate of drug-likeness (QED) is 0.268. The minimum atomic E-state index is 0.127. The second kappa shape index (κ2) is 12.8.